The summed E-state index contributed by atoms with van der Waals surface area (Å²) in [6.45, 7) is 2.23. The fourth-order valence-electron chi connectivity index (χ4n) is 5.37. The van der Waals surface area contributed by atoms with E-state index in [0.29, 0.717) is 30.7 Å². The van der Waals surface area contributed by atoms with Gasteiger partial charge in [0.25, 0.3) is 6.43 Å². The lowest BCUT2D eigenvalue weighted by Crippen LogP contribution is -2.14. The number of benzene rings is 2. The molecule has 0 unspecified atom stereocenters. The highest BCUT2D eigenvalue weighted by molar-refractivity contribution is 5.38. The molecule has 0 spiro atoms. The minimum atomic E-state index is -2.89. The van der Waals surface area contributed by atoms with Gasteiger partial charge in [0.1, 0.15) is 5.82 Å². The molecule has 1 aliphatic carbocycles. The van der Waals surface area contributed by atoms with Gasteiger partial charge in [-0.1, -0.05) is 50.8 Å². The summed E-state index contributed by atoms with van der Waals surface area (Å²) in [5.41, 5.74) is 1.49. The molecule has 0 saturated heterocycles. The average molecular weight is 479 g/mol. The molecule has 3 rings (SSSR count). The Morgan fingerprint density at radius 2 is 1.65 bits per heavy atom. The molecule has 1 saturated carbocycles. The van der Waals surface area contributed by atoms with Crippen molar-refractivity contribution in [1.82, 2.24) is 0 Å². The van der Waals surface area contributed by atoms with Crippen LogP contribution in [0.1, 0.15) is 106 Å². The van der Waals surface area contributed by atoms with Crippen LogP contribution in [0.4, 0.5) is 17.6 Å². The predicted octanol–water partition coefficient (Wildman–Crippen LogP) is 9.33. The summed E-state index contributed by atoms with van der Waals surface area (Å²) in [6, 6.07) is 8.49. The standard InChI is InChI=1S/C29H38F4O/c1-3-4-5-8-20-11-14-22(15-12-20)24-17-13-21(19-25(24)30)9-6-7-10-23-16-18-26(34-2)28(31)27(23)29(32)33/h13,16-20,22,29H,3-12,14-15H2,1-2H3. The number of ether oxygens (including phenoxy) is 1. The highest BCUT2D eigenvalue weighted by Gasteiger charge is 2.24. The lowest BCUT2D eigenvalue weighted by atomic mass is 9.76. The second-order valence-corrected chi connectivity index (χ2v) is 9.73. The highest BCUT2D eigenvalue weighted by Crippen LogP contribution is 2.39. The number of alkyl halides is 2. The summed E-state index contributed by atoms with van der Waals surface area (Å²) >= 11 is 0. The molecule has 0 aliphatic heterocycles. The summed E-state index contributed by atoms with van der Waals surface area (Å²) in [5, 5.41) is 0. The Morgan fingerprint density at radius 1 is 0.912 bits per heavy atom. The van der Waals surface area contributed by atoms with Crippen molar-refractivity contribution in [1.29, 1.82) is 0 Å². The Hall–Kier alpha value is -2.04. The largest absolute Gasteiger partial charge is 0.494 e. The van der Waals surface area contributed by atoms with Gasteiger partial charge in [0, 0.05) is 0 Å². The zero-order valence-electron chi connectivity index (χ0n) is 20.5. The topological polar surface area (TPSA) is 9.23 Å². The number of hydrogen-bond donors (Lipinski definition) is 0. The molecule has 0 atom stereocenters. The van der Waals surface area contributed by atoms with Gasteiger partial charge in [-0.25, -0.2) is 17.6 Å². The molecule has 2 aromatic rings. The maximum atomic E-state index is 14.9. The highest BCUT2D eigenvalue weighted by atomic mass is 19.3. The molecule has 188 valence electrons. The van der Waals surface area contributed by atoms with Crippen LogP contribution in [-0.4, -0.2) is 7.11 Å². The van der Waals surface area contributed by atoms with Crippen LogP contribution in [0.15, 0.2) is 30.3 Å². The van der Waals surface area contributed by atoms with Gasteiger partial charge in [-0.2, -0.15) is 0 Å². The molecule has 5 heteroatoms. The zero-order chi connectivity index (χ0) is 24.5. The van der Waals surface area contributed by atoms with Crippen molar-refractivity contribution in [3.63, 3.8) is 0 Å². The van der Waals surface area contributed by atoms with Crippen molar-refractivity contribution in [3.05, 3.63) is 64.2 Å². The number of hydrogen-bond acceptors (Lipinski definition) is 1. The van der Waals surface area contributed by atoms with E-state index in [1.54, 1.807) is 6.07 Å². The molecule has 2 aromatic carbocycles. The maximum Gasteiger partial charge on any atom is 0.267 e. The SMILES string of the molecule is CCCCCC1CCC(c2ccc(CCCCc3ccc(OC)c(F)c3C(F)F)cc2F)CC1. The molecule has 0 aromatic heterocycles. The van der Waals surface area contributed by atoms with Crippen LogP contribution in [0, 0.1) is 17.6 Å². The molecule has 0 N–H and O–H groups in total. The van der Waals surface area contributed by atoms with E-state index >= 15 is 0 Å². The first kappa shape index (κ1) is 26.6. The van der Waals surface area contributed by atoms with Crippen LogP contribution < -0.4 is 4.74 Å². The van der Waals surface area contributed by atoms with Crippen LogP contribution in [0.3, 0.4) is 0 Å². The van der Waals surface area contributed by atoms with Gasteiger partial charge in [0.05, 0.1) is 12.7 Å². The van der Waals surface area contributed by atoms with Gasteiger partial charge in [0.2, 0.25) is 0 Å². The minimum Gasteiger partial charge on any atom is -0.494 e. The molecule has 0 radical (unpaired) electrons. The number of halogens is 4. The van der Waals surface area contributed by atoms with Gasteiger partial charge in [-0.3, -0.25) is 0 Å². The first-order chi connectivity index (χ1) is 16.4. The lowest BCUT2D eigenvalue weighted by Gasteiger charge is -2.29. The van der Waals surface area contributed by atoms with Crippen LogP contribution in [0.2, 0.25) is 0 Å². The Kier molecular flexibility index (Phi) is 10.3. The Bertz CT molecular complexity index is 903. The third-order valence-corrected chi connectivity index (χ3v) is 7.40. The van der Waals surface area contributed by atoms with Crippen molar-refractivity contribution < 1.29 is 22.3 Å². The Labute approximate surface area is 201 Å². The van der Waals surface area contributed by atoms with E-state index in [1.165, 1.54) is 57.8 Å². The second-order valence-electron chi connectivity index (χ2n) is 9.73. The summed E-state index contributed by atoms with van der Waals surface area (Å²) in [7, 11) is 1.26. The molecule has 0 amide bonds. The second kappa shape index (κ2) is 13.2. The van der Waals surface area contributed by atoms with Crippen molar-refractivity contribution >= 4 is 0 Å². The first-order valence-corrected chi connectivity index (χ1v) is 12.9. The van der Waals surface area contributed by atoms with E-state index in [4.69, 9.17) is 4.74 Å². The lowest BCUT2D eigenvalue weighted by molar-refractivity contribution is 0.144. The van der Waals surface area contributed by atoms with E-state index in [2.05, 4.69) is 6.92 Å². The maximum absolute atomic E-state index is 14.9. The van der Waals surface area contributed by atoms with Crippen LogP contribution in [0.5, 0.6) is 5.75 Å². The normalized spacial score (nSPS) is 18.4. The summed E-state index contributed by atoms with van der Waals surface area (Å²) in [4.78, 5) is 0. The predicted molar refractivity (Wildman–Crippen MR) is 130 cm³/mol. The zero-order valence-corrected chi connectivity index (χ0v) is 20.5. The fourth-order valence-corrected chi connectivity index (χ4v) is 5.37. The molecule has 1 fully saturated rings. The van der Waals surface area contributed by atoms with Gasteiger partial charge in [-0.05, 0) is 92.0 Å². The first-order valence-electron chi connectivity index (χ1n) is 12.9. The van der Waals surface area contributed by atoms with Crippen molar-refractivity contribution in [2.75, 3.05) is 7.11 Å². The van der Waals surface area contributed by atoms with Crippen LogP contribution in [0.25, 0.3) is 0 Å². The molecule has 1 nitrogen and oxygen atoms in total. The van der Waals surface area contributed by atoms with Crippen molar-refractivity contribution in [2.24, 2.45) is 5.92 Å². The number of aryl methyl sites for hydroxylation is 2. The van der Waals surface area contributed by atoms with E-state index in [1.807, 2.05) is 12.1 Å². The van der Waals surface area contributed by atoms with Gasteiger partial charge in [0.15, 0.2) is 11.6 Å². The number of rotatable bonds is 12. The number of methoxy groups -OCH3 is 1. The third kappa shape index (κ3) is 6.99. The molecular formula is C29H38F4O. The Balaban J connectivity index is 1.49. The van der Waals surface area contributed by atoms with Gasteiger partial charge < -0.3 is 4.74 Å². The van der Waals surface area contributed by atoms with Crippen LogP contribution >= 0.6 is 0 Å². The quantitative estimate of drug-likeness (QED) is 0.218. The molecular weight excluding hydrogens is 440 g/mol. The third-order valence-electron chi connectivity index (χ3n) is 7.40. The van der Waals surface area contributed by atoms with Crippen molar-refractivity contribution in [3.8, 4) is 5.75 Å². The van der Waals surface area contributed by atoms with Gasteiger partial charge >= 0.3 is 0 Å². The van der Waals surface area contributed by atoms with E-state index in [9.17, 15) is 17.6 Å². The molecule has 0 heterocycles. The summed E-state index contributed by atoms with van der Waals surface area (Å²) < 4.78 is 60.7. The van der Waals surface area contributed by atoms with E-state index in [0.717, 1.165) is 36.3 Å². The molecule has 0 bridgehead atoms. The fraction of sp³-hybridized carbons (Fsp3) is 0.586. The van der Waals surface area contributed by atoms with Crippen molar-refractivity contribution in [2.45, 2.75) is 96.3 Å². The van der Waals surface area contributed by atoms with Gasteiger partial charge in [-0.15, -0.1) is 0 Å². The smallest absolute Gasteiger partial charge is 0.267 e. The summed E-state index contributed by atoms with van der Waals surface area (Å²) in [6.07, 6.45) is 9.18. The molecule has 34 heavy (non-hydrogen) atoms. The average Bonchev–Trinajstić information content (AvgIpc) is 2.82. The summed E-state index contributed by atoms with van der Waals surface area (Å²) in [5.74, 6) is -0.157. The minimum absolute atomic E-state index is 0.121. The molecule has 1 aliphatic rings. The monoisotopic (exact) mass is 478 g/mol. The Morgan fingerprint density at radius 3 is 2.29 bits per heavy atom. The van der Waals surface area contributed by atoms with E-state index < -0.39 is 17.8 Å². The van der Waals surface area contributed by atoms with E-state index in [-0.39, 0.29) is 11.6 Å². The number of unbranched alkanes of at least 4 members (excludes halogenated alkanes) is 3. The van der Waals surface area contributed by atoms with Crippen LogP contribution in [-0.2, 0) is 12.8 Å².